The molecule has 3 heterocycles. The van der Waals surface area contributed by atoms with Crippen molar-refractivity contribution in [1.29, 1.82) is 0 Å². The highest BCUT2D eigenvalue weighted by Gasteiger charge is 2.52. The van der Waals surface area contributed by atoms with E-state index in [9.17, 15) is 0 Å². The van der Waals surface area contributed by atoms with Gasteiger partial charge >= 0.3 is 14.2 Å². The zero-order chi connectivity index (χ0) is 25.2. The second-order valence-electron chi connectivity index (χ2n) is 11.3. The molecule has 2 aromatic carbocycles. The molecule has 5 rings (SSSR count). The van der Waals surface area contributed by atoms with Crippen LogP contribution in [-0.2, 0) is 18.6 Å². The summed E-state index contributed by atoms with van der Waals surface area (Å²) < 4.78 is 30.5. The molecule has 0 amide bonds. The Morgan fingerprint density at radius 1 is 0.486 bits per heavy atom. The van der Waals surface area contributed by atoms with Crippen LogP contribution in [0.15, 0.2) is 52.9 Å². The predicted octanol–water partition coefficient (Wildman–Crippen LogP) is 4.00. The monoisotopic (exact) mass is 474 g/mol. The maximum atomic E-state index is 6.14. The first kappa shape index (κ1) is 24.3. The molecule has 2 aliphatic heterocycles. The first-order valence-corrected chi connectivity index (χ1v) is 12.0. The molecule has 7 nitrogen and oxygen atoms in total. The molecule has 0 bridgehead atoms. The summed E-state index contributed by atoms with van der Waals surface area (Å²) in [5, 5.41) is 8.49. The second-order valence-corrected chi connectivity index (χ2v) is 11.3. The van der Waals surface area contributed by atoms with Gasteiger partial charge in [-0.2, -0.15) is 0 Å². The third-order valence-corrected chi connectivity index (χ3v) is 7.79. The number of hydrogen-bond donors (Lipinski definition) is 0. The van der Waals surface area contributed by atoms with Crippen LogP contribution in [0, 0.1) is 0 Å². The van der Waals surface area contributed by atoms with Crippen LogP contribution in [0.4, 0.5) is 0 Å². The van der Waals surface area contributed by atoms with Gasteiger partial charge < -0.3 is 23.0 Å². The van der Waals surface area contributed by atoms with E-state index in [1.807, 2.05) is 104 Å². The van der Waals surface area contributed by atoms with Gasteiger partial charge in [0.15, 0.2) is 0 Å². The lowest BCUT2D eigenvalue weighted by molar-refractivity contribution is 0.00578. The summed E-state index contributed by atoms with van der Waals surface area (Å²) in [6.45, 7) is 16.4. The molecule has 182 valence electrons. The average Bonchev–Trinajstić information content (AvgIpc) is 3.41. The van der Waals surface area contributed by atoms with Crippen molar-refractivity contribution in [2.75, 3.05) is 0 Å². The van der Waals surface area contributed by atoms with Gasteiger partial charge in [-0.1, -0.05) is 24.3 Å². The van der Waals surface area contributed by atoms with Crippen LogP contribution in [-0.4, -0.2) is 46.8 Å². The summed E-state index contributed by atoms with van der Waals surface area (Å²) in [5.74, 6) is 0.908. The van der Waals surface area contributed by atoms with Crippen LogP contribution < -0.4 is 10.9 Å². The minimum atomic E-state index is -0.408. The molecule has 0 saturated carbocycles. The van der Waals surface area contributed by atoms with Gasteiger partial charge in [0.1, 0.15) is 0 Å². The Bertz CT molecular complexity index is 1090. The van der Waals surface area contributed by atoms with Crippen LogP contribution in [0.1, 0.15) is 55.4 Å². The van der Waals surface area contributed by atoms with Gasteiger partial charge in [0.2, 0.25) is 11.8 Å². The SMILES string of the molecule is CC1(C)OB(c2ccc(-c3nnc(-c4ccc(B5OC(C)(C)C(C)(C)O5)cc4)o3)cc2)OC1(C)C. The Morgan fingerprint density at radius 3 is 1.06 bits per heavy atom. The fourth-order valence-corrected chi connectivity index (χ4v) is 3.98. The minimum Gasteiger partial charge on any atom is -0.416 e. The molecule has 2 saturated heterocycles. The summed E-state index contributed by atoms with van der Waals surface area (Å²) >= 11 is 0. The Kier molecular flexibility index (Phi) is 5.57. The predicted molar refractivity (Wildman–Crippen MR) is 137 cm³/mol. The first-order chi connectivity index (χ1) is 16.3. The summed E-state index contributed by atoms with van der Waals surface area (Å²) in [5.41, 5.74) is 2.04. The van der Waals surface area contributed by atoms with Crippen molar-refractivity contribution in [2.24, 2.45) is 0 Å². The van der Waals surface area contributed by atoms with E-state index in [1.54, 1.807) is 0 Å². The van der Waals surface area contributed by atoms with E-state index in [4.69, 9.17) is 23.0 Å². The minimum absolute atomic E-state index is 0.379. The van der Waals surface area contributed by atoms with Crippen molar-refractivity contribution in [3.63, 3.8) is 0 Å². The topological polar surface area (TPSA) is 75.8 Å². The van der Waals surface area contributed by atoms with Crippen molar-refractivity contribution >= 4 is 25.2 Å². The zero-order valence-corrected chi connectivity index (χ0v) is 21.7. The summed E-state index contributed by atoms with van der Waals surface area (Å²) in [7, 11) is -0.815. The Morgan fingerprint density at radius 2 is 0.771 bits per heavy atom. The van der Waals surface area contributed by atoms with Gasteiger partial charge in [0.25, 0.3) is 0 Å². The molecule has 2 aliphatic rings. The van der Waals surface area contributed by atoms with Crippen LogP contribution in [0.3, 0.4) is 0 Å². The molecule has 0 radical (unpaired) electrons. The van der Waals surface area contributed by atoms with E-state index >= 15 is 0 Å². The van der Waals surface area contributed by atoms with Crippen molar-refractivity contribution in [3.05, 3.63) is 48.5 Å². The maximum Gasteiger partial charge on any atom is 0.494 e. The Labute approximate surface area is 207 Å². The molecule has 0 unspecified atom stereocenters. The van der Waals surface area contributed by atoms with Gasteiger partial charge in [-0.05, 0) is 90.6 Å². The van der Waals surface area contributed by atoms with Crippen molar-refractivity contribution in [2.45, 2.75) is 77.8 Å². The van der Waals surface area contributed by atoms with Gasteiger partial charge in [0.05, 0.1) is 22.4 Å². The standard InChI is InChI=1S/C26H32B2N2O5/c1-23(2)24(3,4)33-27(32-23)19-13-9-17(10-14-19)21-29-30-22(31-21)18-11-15-20(16-12-18)28-34-25(5,6)26(7,8)35-28/h9-16H,1-8H3. The molecule has 0 spiro atoms. The van der Waals surface area contributed by atoms with Crippen LogP contribution >= 0.6 is 0 Å². The van der Waals surface area contributed by atoms with Crippen LogP contribution in [0.5, 0.6) is 0 Å². The third kappa shape index (κ3) is 4.25. The summed E-state index contributed by atoms with van der Waals surface area (Å²) in [4.78, 5) is 0. The fraction of sp³-hybridized carbons (Fsp3) is 0.462. The molecule has 2 fully saturated rings. The molecular formula is C26H32B2N2O5. The third-order valence-electron chi connectivity index (χ3n) is 7.79. The Hall–Kier alpha value is -2.45. The van der Waals surface area contributed by atoms with Gasteiger partial charge in [-0.25, -0.2) is 0 Å². The highest BCUT2D eigenvalue weighted by molar-refractivity contribution is 6.62. The number of rotatable bonds is 4. The smallest absolute Gasteiger partial charge is 0.416 e. The molecule has 0 N–H and O–H groups in total. The highest BCUT2D eigenvalue weighted by Crippen LogP contribution is 2.37. The summed E-state index contributed by atoms with van der Waals surface area (Å²) in [6, 6.07) is 15.7. The fourth-order valence-electron chi connectivity index (χ4n) is 3.98. The summed E-state index contributed by atoms with van der Waals surface area (Å²) in [6.07, 6.45) is 0. The van der Waals surface area contributed by atoms with Gasteiger partial charge in [-0.15, -0.1) is 10.2 Å². The van der Waals surface area contributed by atoms with Crippen molar-refractivity contribution in [3.8, 4) is 22.9 Å². The average molecular weight is 474 g/mol. The molecule has 0 aliphatic carbocycles. The van der Waals surface area contributed by atoms with E-state index in [2.05, 4.69) is 10.2 Å². The largest absolute Gasteiger partial charge is 0.494 e. The van der Waals surface area contributed by atoms with Gasteiger partial charge in [0, 0.05) is 11.1 Å². The van der Waals surface area contributed by atoms with E-state index in [0.29, 0.717) is 11.8 Å². The molecule has 1 aromatic heterocycles. The second kappa shape index (κ2) is 8.03. The number of aromatic nitrogens is 2. The van der Waals surface area contributed by atoms with Crippen molar-refractivity contribution in [1.82, 2.24) is 10.2 Å². The lowest BCUT2D eigenvalue weighted by Crippen LogP contribution is -2.41. The molecule has 9 heteroatoms. The lowest BCUT2D eigenvalue weighted by atomic mass is 9.79. The normalized spacial score (nSPS) is 22.1. The van der Waals surface area contributed by atoms with E-state index in [0.717, 1.165) is 22.1 Å². The maximum absolute atomic E-state index is 6.14. The van der Waals surface area contributed by atoms with Gasteiger partial charge in [-0.3, -0.25) is 0 Å². The Balaban J connectivity index is 1.29. The number of nitrogens with zero attached hydrogens (tertiary/aromatic N) is 2. The molecular weight excluding hydrogens is 442 g/mol. The highest BCUT2D eigenvalue weighted by atomic mass is 16.7. The number of benzene rings is 2. The quantitative estimate of drug-likeness (QED) is 0.530. The van der Waals surface area contributed by atoms with Crippen molar-refractivity contribution < 1.29 is 23.0 Å². The van der Waals surface area contributed by atoms with Crippen LogP contribution in [0.2, 0.25) is 0 Å². The molecule has 0 atom stereocenters. The lowest BCUT2D eigenvalue weighted by Gasteiger charge is -2.32. The van der Waals surface area contributed by atoms with E-state index < -0.39 is 14.2 Å². The van der Waals surface area contributed by atoms with E-state index in [1.165, 1.54) is 0 Å². The van der Waals surface area contributed by atoms with Crippen LogP contribution in [0.25, 0.3) is 22.9 Å². The molecule has 35 heavy (non-hydrogen) atoms. The molecule has 3 aromatic rings. The zero-order valence-electron chi connectivity index (χ0n) is 21.7. The van der Waals surface area contributed by atoms with E-state index in [-0.39, 0.29) is 22.4 Å². The first-order valence-electron chi connectivity index (χ1n) is 12.0. The number of hydrogen-bond acceptors (Lipinski definition) is 7.